The predicted octanol–water partition coefficient (Wildman–Crippen LogP) is 2.53. The first-order chi connectivity index (χ1) is 8.58. The molecule has 2 rings (SSSR count). The van der Waals surface area contributed by atoms with Gasteiger partial charge in [-0.2, -0.15) is 0 Å². The van der Waals surface area contributed by atoms with E-state index in [2.05, 4.69) is 10.3 Å². The van der Waals surface area contributed by atoms with Crippen molar-refractivity contribution in [3.8, 4) is 0 Å². The van der Waals surface area contributed by atoms with Crippen LogP contribution >= 0.6 is 0 Å². The number of para-hydroxylation sites is 1. The number of nitrogens with two attached hydrogens (primary N) is 1. The minimum Gasteiger partial charge on any atom is -0.384 e. The van der Waals surface area contributed by atoms with E-state index in [1.165, 1.54) is 0 Å². The molecule has 1 aromatic heterocycles. The summed E-state index contributed by atoms with van der Waals surface area (Å²) in [7, 11) is 0. The molecular formula is C14H15N3O. The fourth-order valence-electron chi connectivity index (χ4n) is 1.77. The number of benzene rings is 1. The lowest BCUT2D eigenvalue weighted by Crippen LogP contribution is -2.15. The Bertz CT molecular complexity index is 573. The number of pyridine rings is 1. The van der Waals surface area contributed by atoms with Gasteiger partial charge in [0.1, 0.15) is 11.5 Å². The average molecular weight is 241 g/mol. The maximum absolute atomic E-state index is 12.0. The number of anilines is 2. The summed E-state index contributed by atoms with van der Waals surface area (Å²) in [6, 6.07) is 10.9. The highest BCUT2D eigenvalue weighted by Crippen LogP contribution is 2.20. The Labute approximate surface area is 106 Å². The molecule has 0 atom stereocenters. The summed E-state index contributed by atoms with van der Waals surface area (Å²) in [6.07, 6.45) is 0. The summed E-state index contributed by atoms with van der Waals surface area (Å²) >= 11 is 0. The first kappa shape index (κ1) is 12.1. The average Bonchev–Trinajstić information content (AvgIpc) is 2.34. The topological polar surface area (TPSA) is 68.0 Å². The standard InChI is InChI=1S/C14H15N3O/c1-9-5-3-6-10(2)13(9)17-14(18)11-7-4-8-12(15)16-11/h3-8H,1-2H3,(H2,15,16)(H,17,18). The largest absolute Gasteiger partial charge is 0.384 e. The van der Waals surface area contributed by atoms with Gasteiger partial charge in [-0.15, -0.1) is 0 Å². The summed E-state index contributed by atoms with van der Waals surface area (Å²) in [5.74, 6) is 0.0869. The van der Waals surface area contributed by atoms with Crippen LogP contribution in [-0.4, -0.2) is 10.9 Å². The molecule has 0 aliphatic carbocycles. The van der Waals surface area contributed by atoms with Crippen molar-refractivity contribution in [2.24, 2.45) is 0 Å². The number of amides is 1. The zero-order valence-corrected chi connectivity index (χ0v) is 10.4. The number of nitrogens with zero attached hydrogens (tertiary/aromatic N) is 1. The summed E-state index contributed by atoms with van der Waals surface area (Å²) in [6.45, 7) is 3.91. The van der Waals surface area contributed by atoms with Crippen molar-refractivity contribution >= 4 is 17.4 Å². The Kier molecular flexibility index (Phi) is 3.28. The molecule has 0 aliphatic rings. The molecule has 0 aliphatic heterocycles. The summed E-state index contributed by atoms with van der Waals surface area (Å²) in [4.78, 5) is 16.0. The number of hydrogen-bond donors (Lipinski definition) is 2. The van der Waals surface area contributed by atoms with Crippen LogP contribution in [0.15, 0.2) is 36.4 Å². The van der Waals surface area contributed by atoms with Crippen molar-refractivity contribution in [3.05, 3.63) is 53.2 Å². The second kappa shape index (κ2) is 4.87. The fraction of sp³-hybridized carbons (Fsp3) is 0.143. The van der Waals surface area contributed by atoms with E-state index >= 15 is 0 Å². The van der Waals surface area contributed by atoms with Crippen LogP contribution in [0.4, 0.5) is 11.5 Å². The SMILES string of the molecule is Cc1cccc(C)c1NC(=O)c1cccc(N)n1. The molecule has 3 N–H and O–H groups in total. The Morgan fingerprint density at radius 3 is 2.33 bits per heavy atom. The molecule has 0 saturated carbocycles. The molecule has 4 heteroatoms. The Morgan fingerprint density at radius 1 is 1.11 bits per heavy atom. The number of aryl methyl sites for hydroxylation is 2. The third-order valence-corrected chi connectivity index (χ3v) is 2.72. The van der Waals surface area contributed by atoms with E-state index in [4.69, 9.17) is 5.73 Å². The van der Waals surface area contributed by atoms with Gasteiger partial charge in [-0.25, -0.2) is 4.98 Å². The van der Waals surface area contributed by atoms with Gasteiger partial charge in [0.25, 0.3) is 5.91 Å². The zero-order valence-electron chi connectivity index (χ0n) is 10.4. The van der Waals surface area contributed by atoms with Crippen LogP contribution in [0, 0.1) is 13.8 Å². The van der Waals surface area contributed by atoms with Crippen LogP contribution in [0.2, 0.25) is 0 Å². The van der Waals surface area contributed by atoms with Crippen molar-refractivity contribution in [2.75, 3.05) is 11.1 Å². The third-order valence-electron chi connectivity index (χ3n) is 2.72. The van der Waals surface area contributed by atoms with E-state index in [0.29, 0.717) is 11.5 Å². The maximum Gasteiger partial charge on any atom is 0.274 e. The van der Waals surface area contributed by atoms with Gasteiger partial charge in [-0.3, -0.25) is 4.79 Å². The van der Waals surface area contributed by atoms with E-state index in [1.807, 2.05) is 32.0 Å². The maximum atomic E-state index is 12.0. The van der Waals surface area contributed by atoms with Gasteiger partial charge in [-0.05, 0) is 37.1 Å². The van der Waals surface area contributed by atoms with E-state index in [1.54, 1.807) is 18.2 Å². The molecule has 92 valence electrons. The molecule has 0 fully saturated rings. The minimum atomic E-state index is -0.250. The van der Waals surface area contributed by atoms with Crippen LogP contribution in [0.25, 0.3) is 0 Å². The van der Waals surface area contributed by atoms with Crippen molar-refractivity contribution in [3.63, 3.8) is 0 Å². The zero-order chi connectivity index (χ0) is 13.1. The van der Waals surface area contributed by atoms with Gasteiger partial charge in [0.2, 0.25) is 0 Å². The Hall–Kier alpha value is -2.36. The van der Waals surface area contributed by atoms with E-state index < -0.39 is 0 Å². The molecule has 4 nitrogen and oxygen atoms in total. The molecule has 0 saturated heterocycles. The normalized spacial score (nSPS) is 10.1. The van der Waals surface area contributed by atoms with E-state index in [9.17, 15) is 4.79 Å². The van der Waals surface area contributed by atoms with Crippen LogP contribution in [0.3, 0.4) is 0 Å². The third kappa shape index (κ3) is 2.48. The number of rotatable bonds is 2. The number of carbonyl (C=O) groups is 1. The van der Waals surface area contributed by atoms with Crippen molar-refractivity contribution in [1.29, 1.82) is 0 Å². The second-order valence-electron chi connectivity index (χ2n) is 4.17. The molecule has 18 heavy (non-hydrogen) atoms. The van der Waals surface area contributed by atoms with Gasteiger partial charge >= 0.3 is 0 Å². The second-order valence-corrected chi connectivity index (χ2v) is 4.17. The number of nitrogen functional groups attached to an aromatic ring is 1. The molecule has 1 heterocycles. The van der Waals surface area contributed by atoms with Crippen LogP contribution < -0.4 is 11.1 Å². The fourth-order valence-corrected chi connectivity index (χ4v) is 1.77. The first-order valence-corrected chi connectivity index (χ1v) is 5.68. The molecule has 1 amide bonds. The van der Waals surface area contributed by atoms with Gasteiger partial charge < -0.3 is 11.1 Å². The van der Waals surface area contributed by atoms with Crippen molar-refractivity contribution < 1.29 is 4.79 Å². The van der Waals surface area contributed by atoms with E-state index in [-0.39, 0.29) is 5.91 Å². The van der Waals surface area contributed by atoms with Gasteiger partial charge in [-0.1, -0.05) is 24.3 Å². The number of carbonyl (C=O) groups excluding carboxylic acids is 1. The summed E-state index contributed by atoms with van der Waals surface area (Å²) < 4.78 is 0. The van der Waals surface area contributed by atoms with Crippen LogP contribution in [-0.2, 0) is 0 Å². The van der Waals surface area contributed by atoms with Gasteiger partial charge in [0, 0.05) is 5.69 Å². The molecule has 0 spiro atoms. The molecule has 0 radical (unpaired) electrons. The van der Waals surface area contributed by atoms with Crippen LogP contribution in [0.5, 0.6) is 0 Å². The first-order valence-electron chi connectivity index (χ1n) is 5.68. The van der Waals surface area contributed by atoms with Gasteiger partial charge in [0.05, 0.1) is 0 Å². The smallest absolute Gasteiger partial charge is 0.274 e. The molecule has 0 unspecified atom stereocenters. The predicted molar refractivity (Wildman–Crippen MR) is 72.5 cm³/mol. The highest BCUT2D eigenvalue weighted by atomic mass is 16.1. The molecular weight excluding hydrogens is 226 g/mol. The van der Waals surface area contributed by atoms with Crippen molar-refractivity contribution in [2.45, 2.75) is 13.8 Å². The Morgan fingerprint density at radius 2 is 1.72 bits per heavy atom. The highest BCUT2D eigenvalue weighted by Gasteiger charge is 2.10. The minimum absolute atomic E-state index is 0.250. The van der Waals surface area contributed by atoms with Crippen LogP contribution in [0.1, 0.15) is 21.6 Å². The summed E-state index contributed by atoms with van der Waals surface area (Å²) in [5, 5.41) is 2.86. The number of aromatic nitrogens is 1. The number of hydrogen-bond acceptors (Lipinski definition) is 3. The molecule has 0 bridgehead atoms. The van der Waals surface area contributed by atoms with Gasteiger partial charge in [0.15, 0.2) is 0 Å². The number of nitrogens with one attached hydrogen (secondary N) is 1. The Balaban J connectivity index is 2.27. The monoisotopic (exact) mass is 241 g/mol. The lowest BCUT2D eigenvalue weighted by molar-refractivity contribution is 0.102. The van der Waals surface area contributed by atoms with E-state index in [0.717, 1.165) is 16.8 Å². The highest BCUT2D eigenvalue weighted by molar-refractivity contribution is 6.03. The summed E-state index contributed by atoms with van der Waals surface area (Å²) in [5.41, 5.74) is 8.74. The lowest BCUT2D eigenvalue weighted by Gasteiger charge is -2.11. The molecule has 2 aromatic rings. The lowest BCUT2D eigenvalue weighted by atomic mass is 10.1. The molecule has 1 aromatic carbocycles. The quantitative estimate of drug-likeness (QED) is 0.849. The van der Waals surface area contributed by atoms with Crippen molar-refractivity contribution in [1.82, 2.24) is 4.98 Å².